The molecule has 0 aliphatic rings. The van der Waals surface area contributed by atoms with E-state index >= 15 is 0 Å². The Morgan fingerprint density at radius 3 is 3.06 bits per heavy atom. The smallest absolute Gasteiger partial charge is 0.310 e. The van der Waals surface area contributed by atoms with Crippen molar-refractivity contribution in [2.24, 2.45) is 0 Å². The number of nitriles is 1. The molecule has 0 spiro atoms. The van der Waals surface area contributed by atoms with E-state index in [1.807, 2.05) is 6.07 Å². The van der Waals surface area contributed by atoms with Gasteiger partial charge in [0, 0.05) is 17.1 Å². The van der Waals surface area contributed by atoms with Crippen molar-refractivity contribution in [1.29, 1.82) is 5.26 Å². The molecule has 2 aromatic rings. The zero-order chi connectivity index (χ0) is 12.4. The molecule has 0 saturated heterocycles. The second kappa shape index (κ2) is 4.35. The quantitative estimate of drug-likeness (QED) is 0.886. The van der Waals surface area contributed by atoms with Crippen LogP contribution in [0.15, 0.2) is 17.8 Å². The van der Waals surface area contributed by atoms with Gasteiger partial charge >= 0.3 is 5.97 Å². The molecule has 0 aliphatic carbocycles. The second-order valence-corrected chi connectivity index (χ2v) is 4.24. The Hall–Kier alpha value is -2.20. The van der Waals surface area contributed by atoms with Gasteiger partial charge in [0.25, 0.3) is 0 Å². The topological polar surface area (TPSA) is 91.8 Å². The molecule has 2 aromatic heterocycles. The Balaban J connectivity index is 2.30. The third kappa shape index (κ3) is 2.16. The van der Waals surface area contributed by atoms with E-state index in [1.165, 1.54) is 22.2 Å². The van der Waals surface area contributed by atoms with Gasteiger partial charge in [-0.1, -0.05) is 0 Å². The van der Waals surface area contributed by atoms with Crippen LogP contribution in [0.2, 0.25) is 0 Å². The van der Waals surface area contributed by atoms with Gasteiger partial charge < -0.3 is 5.11 Å². The summed E-state index contributed by atoms with van der Waals surface area (Å²) >= 11 is 1.28. The van der Waals surface area contributed by atoms with Crippen LogP contribution in [0.1, 0.15) is 24.1 Å². The molecular formula is C10H8N4O2S. The lowest BCUT2D eigenvalue weighted by Crippen LogP contribution is -2.06. The lowest BCUT2D eigenvalue weighted by molar-refractivity contribution is -0.138. The van der Waals surface area contributed by atoms with Crippen LogP contribution in [0.25, 0.3) is 5.13 Å². The Morgan fingerprint density at radius 2 is 2.47 bits per heavy atom. The summed E-state index contributed by atoms with van der Waals surface area (Å²) in [6.45, 7) is 1.59. The number of nitrogens with zero attached hydrogens (tertiary/aromatic N) is 4. The first-order valence-electron chi connectivity index (χ1n) is 4.75. The SMILES string of the molecule is CC(C(=O)O)c1cnn(-c2nc(C#N)cs2)c1. The maximum atomic E-state index is 10.8. The summed E-state index contributed by atoms with van der Waals surface area (Å²) in [5.74, 6) is -1.51. The highest BCUT2D eigenvalue weighted by Crippen LogP contribution is 2.18. The molecular weight excluding hydrogens is 240 g/mol. The molecule has 1 unspecified atom stereocenters. The molecule has 7 heteroatoms. The monoisotopic (exact) mass is 248 g/mol. The lowest BCUT2D eigenvalue weighted by Gasteiger charge is -2.00. The molecule has 0 radical (unpaired) electrons. The first kappa shape index (κ1) is 11.3. The molecule has 0 fully saturated rings. The van der Waals surface area contributed by atoms with Crippen molar-refractivity contribution in [2.45, 2.75) is 12.8 Å². The summed E-state index contributed by atoms with van der Waals surface area (Å²) in [4.78, 5) is 14.8. The Labute approximate surface area is 101 Å². The van der Waals surface area contributed by atoms with Gasteiger partial charge in [-0.2, -0.15) is 10.4 Å². The van der Waals surface area contributed by atoms with E-state index in [9.17, 15) is 4.79 Å². The molecule has 2 heterocycles. The minimum Gasteiger partial charge on any atom is -0.481 e. The second-order valence-electron chi connectivity index (χ2n) is 3.41. The number of aromatic nitrogens is 3. The number of aliphatic carboxylic acids is 1. The maximum absolute atomic E-state index is 10.8. The van der Waals surface area contributed by atoms with Gasteiger partial charge in [0.1, 0.15) is 6.07 Å². The van der Waals surface area contributed by atoms with Crippen LogP contribution < -0.4 is 0 Å². The number of carbonyl (C=O) groups is 1. The molecule has 0 saturated carbocycles. The minimum absolute atomic E-state index is 0.327. The standard InChI is InChI=1S/C10H8N4O2S/c1-6(9(15)16)7-3-12-14(4-7)10-13-8(2-11)5-17-10/h3-6H,1H3,(H,15,16). The normalized spacial score (nSPS) is 12.0. The Morgan fingerprint density at radius 1 is 1.71 bits per heavy atom. The molecule has 0 aromatic carbocycles. The fraction of sp³-hybridized carbons (Fsp3) is 0.200. The van der Waals surface area contributed by atoms with Crippen molar-refractivity contribution in [1.82, 2.24) is 14.8 Å². The molecule has 1 atom stereocenters. The van der Waals surface area contributed by atoms with Gasteiger partial charge in [0.2, 0.25) is 5.13 Å². The molecule has 17 heavy (non-hydrogen) atoms. The molecule has 0 amide bonds. The highest BCUT2D eigenvalue weighted by atomic mass is 32.1. The number of thiazole rings is 1. The first-order valence-corrected chi connectivity index (χ1v) is 5.63. The number of hydrogen-bond acceptors (Lipinski definition) is 5. The molecule has 1 N–H and O–H groups in total. The summed E-state index contributed by atoms with van der Waals surface area (Å²) in [6, 6.07) is 1.93. The number of carboxylic acids is 1. The zero-order valence-electron chi connectivity index (χ0n) is 8.86. The van der Waals surface area contributed by atoms with Crippen LogP contribution in [0, 0.1) is 11.3 Å². The van der Waals surface area contributed by atoms with Crippen LogP contribution in [-0.4, -0.2) is 25.8 Å². The van der Waals surface area contributed by atoms with E-state index in [4.69, 9.17) is 10.4 Å². The van der Waals surface area contributed by atoms with E-state index in [0.717, 1.165) is 0 Å². The maximum Gasteiger partial charge on any atom is 0.310 e. The predicted molar refractivity (Wildman–Crippen MR) is 60.0 cm³/mol. The lowest BCUT2D eigenvalue weighted by atomic mass is 10.1. The third-order valence-electron chi connectivity index (χ3n) is 2.28. The zero-order valence-corrected chi connectivity index (χ0v) is 9.68. The summed E-state index contributed by atoms with van der Waals surface area (Å²) < 4.78 is 1.47. The van der Waals surface area contributed by atoms with E-state index < -0.39 is 11.9 Å². The Bertz CT molecular complexity index is 595. The summed E-state index contributed by atoms with van der Waals surface area (Å²) in [5.41, 5.74) is 0.930. The third-order valence-corrected chi connectivity index (χ3v) is 3.11. The van der Waals surface area contributed by atoms with Crippen LogP contribution >= 0.6 is 11.3 Å². The van der Waals surface area contributed by atoms with Crippen LogP contribution in [0.3, 0.4) is 0 Å². The molecule has 0 aliphatic heterocycles. The van der Waals surface area contributed by atoms with Gasteiger partial charge in [-0.25, -0.2) is 9.67 Å². The van der Waals surface area contributed by atoms with Crippen LogP contribution in [0.4, 0.5) is 0 Å². The van der Waals surface area contributed by atoms with Gasteiger partial charge in [-0.15, -0.1) is 11.3 Å². The molecule has 6 nitrogen and oxygen atoms in total. The van der Waals surface area contributed by atoms with Crippen molar-refractivity contribution in [2.75, 3.05) is 0 Å². The van der Waals surface area contributed by atoms with Crippen LogP contribution in [0.5, 0.6) is 0 Å². The van der Waals surface area contributed by atoms with Gasteiger partial charge in [-0.3, -0.25) is 4.79 Å². The number of rotatable bonds is 3. The number of hydrogen-bond donors (Lipinski definition) is 1. The van der Waals surface area contributed by atoms with Crippen molar-refractivity contribution in [3.05, 3.63) is 29.0 Å². The summed E-state index contributed by atoms with van der Waals surface area (Å²) in [6.07, 6.45) is 3.10. The summed E-state index contributed by atoms with van der Waals surface area (Å²) in [5, 5.41) is 23.7. The fourth-order valence-corrected chi connectivity index (χ4v) is 1.91. The molecule has 0 bridgehead atoms. The minimum atomic E-state index is -0.901. The van der Waals surface area contributed by atoms with Crippen molar-refractivity contribution in [3.63, 3.8) is 0 Å². The highest BCUT2D eigenvalue weighted by molar-refractivity contribution is 7.12. The van der Waals surface area contributed by atoms with E-state index in [0.29, 0.717) is 16.4 Å². The van der Waals surface area contributed by atoms with Crippen LogP contribution in [-0.2, 0) is 4.79 Å². The first-order chi connectivity index (χ1) is 8.11. The van der Waals surface area contributed by atoms with Crippen molar-refractivity contribution < 1.29 is 9.90 Å². The van der Waals surface area contributed by atoms with Crippen molar-refractivity contribution in [3.8, 4) is 11.2 Å². The van der Waals surface area contributed by atoms with Gasteiger partial charge in [0.05, 0.1) is 12.1 Å². The largest absolute Gasteiger partial charge is 0.481 e. The highest BCUT2D eigenvalue weighted by Gasteiger charge is 2.16. The molecule has 2 rings (SSSR count). The van der Waals surface area contributed by atoms with Crippen molar-refractivity contribution >= 4 is 17.3 Å². The van der Waals surface area contributed by atoms with Gasteiger partial charge in [0.15, 0.2) is 5.69 Å². The van der Waals surface area contributed by atoms with Gasteiger partial charge in [-0.05, 0) is 6.92 Å². The average molecular weight is 248 g/mol. The average Bonchev–Trinajstić information content (AvgIpc) is 2.96. The molecule has 86 valence electrons. The predicted octanol–water partition coefficient (Wildman–Crippen LogP) is 1.39. The number of carboxylic acid groups (broad SMARTS) is 1. The van der Waals surface area contributed by atoms with E-state index in [2.05, 4.69) is 10.1 Å². The Kier molecular flexibility index (Phi) is 2.89. The van der Waals surface area contributed by atoms with E-state index in [-0.39, 0.29) is 0 Å². The summed E-state index contributed by atoms with van der Waals surface area (Å²) in [7, 11) is 0. The van der Waals surface area contributed by atoms with E-state index in [1.54, 1.807) is 18.5 Å². The fourth-order valence-electron chi connectivity index (χ4n) is 1.23.